The lowest BCUT2D eigenvalue weighted by Gasteiger charge is -2.05. The molecule has 0 aliphatic heterocycles. The van der Waals surface area contributed by atoms with Crippen LogP contribution in [0.15, 0.2) is 21.5 Å². The molecule has 0 amide bonds. The first-order valence-electron chi connectivity index (χ1n) is 3.48. The molecule has 1 atom stereocenters. The second-order valence-electron chi connectivity index (χ2n) is 2.52. The van der Waals surface area contributed by atoms with E-state index in [1.54, 1.807) is 0 Å². The van der Waals surface area contributed by atoms with Gasteiger partial charge in [0.05, 0.1) is 20.8 Å². The summed E-state index contributed by atoms with van der Waals surface area (Å²) in [6.45, 7) is 0. The van der Waals surface area contributed by atoms with Crippen molar-refractivity contribution in [2.45, 2.75) is 4.90 Å². The van der Waals surface area contributed by atoms with Gasteiger partial charge in [-0.25, -0.2) is 17.9 Å². The number of nitrogens with zero attached hydrogens (tertiary/aromatic N) is 2. The van der Waals surface area contributed by atoms with Gasteiger partial charge in [0.15, 0.2) is 0 Å². The van der Waals surface area contributed by atoms with Crippen molar-refractivity contribution < 1.29 is 8.60 Å². The topological polar surface area (TPSA) is 68.3 Å². The average Bonchev–Trinajstić information content (AvgIpc) is 2.09. The molecule has 1 aromatic heterocycles. The minimum absolute atomic E-state index is 0.0551. The molecule has 0 aromatic carbocycles. The Morgan fingerprint density at radius 2 is 2.31 bits per heavy atom. The predicted octanol–water partition coefficient (Wildman–Crippen LogP) is 0.889. The molecule has 13 heavy (non-hydrogen) atoms. The summed E-state index contributed by atoms with van der Waals surface area (Å²) < 4.78 is 28.0. The third kappa shape index (κ3) is 1.95. The van der Waals surface area contributed by atoms with Crippen LogP contribution in [0, 0.1) is 5.82 Å². The first-order chi connectivity index (χ1) is 5.97. The number of hydrogen-bond donors (Lipinski definition) is 1. The maximum absolute atomic E-state index is 12.7. The van der Waals surface area contributed by atoms with Crippen LogP contribution in [0.4, 0.5) is 10.2 Å². The molecular weight excluding hydrogens is 193 g/mol. The van der Waals surface area contributed by atoms with Gasteiger partial charge >= 0.3 is 0 Å². The van der Waals surface area contributed by atoms with Crippen molar-refractivity contribution in [2.24, 2.45) is 4.36 Å². The van der Waals surface area contributed by atoms with E-state index in [-0.39, 0.29) is 10.7 Å². The standard InChI is InChI=1S/C7H10FN3OS/c1-10-13(2,12)6-3-5(8)4-11-7(6)9/h3-4H,1-2H3,(H2,9,11). The van der Waals surface area contributed by atoms with Crippen molar-refractivity contribution >= 4 is 15.5 Å². The van der Waals surface area contributed by atoms with Crippen molar-refractivity contribution in [1.82, 2.24) is 4.98 Å². The fourth-order valence-corrected chi connectivity index (χ4v) is 1.80. The van der Waals surface area contributed by atoms with Gasteiger partial charge in [-0.15, -0.1) is 0 Å². The van der Waals surface area contributed by atoms with Crippen LogP contribution in [0.5, 0.6) is 0 Å². The average molecular weight is 203 g/mol. The molecule has 4 nitrogen and oxygen atoms in total. The highest BCUT2D eigenvalue weighted by Crippen LogP contribution is 2.17. The summed E-state index contributed by atoms with van der Waals surface area (Å²) in [5.41, 5.74) is 5.43. The molecule has 1 rings (SSSR count). The minimum atomic E-state index is -2.60. The van der Waals surface area contributed by atoms with E-state index >= 15 is 0 Å². The third-order valence-corrected chi connectivity index (χ3v) is 3.44. The maximum atomic E-state index is 12.7. The molecule has 2 N–H and O–H groups in total. The highest BCUT2D eigenvalue weighted by molar-refractivity contribution is 7.93. The van der Waals surface area contributed by atoms with E-state index < -0.39 is 15.5 Å². The van der Waals surface area contributed by atoms with Crippen LogP contribution in [0.25, 0.3) is 0 Å². The predicted molar refractivity (Wildman–Crippen MR) is 49.3 cm³/mol. The summed E-state index contributed by atoms with van der Waals surface area (Å²) in [5, 5.41) is 0. The molecule has 0 spiro atoms. The monoisotopic (exact) mass is 203 g/mol. The second-order valence-corrected chi connectivity index (χ2v) is 4.93. The molecule has 1 unspecified atom stereocenters. The van der Waals surface area contributed by atoms with Crippen LogP contribution in [-0.4, -0.2) is 22.5 Å². The van der Waals surface area contributed by atoms with Crippen molar-refractivity contribution in [3.05, 3.63) is 18.1 Å². The van der Waals surface area contributed by atoms with Gasteiger partial charge in [-0.05, 0) is 6.07 Å². The summed E-state index contributed by atoms with van der Waals surface area (Å²) in [7, 11) is -1.21. The molecule has 0 saturated heterocycles. The van der Waals surface area contributed by atoms with Crippen molar-refractivity contribution in [2.75, 3.05) is 19.0 Å². The Labute approximate surface area is 76.2 Å². The Morgan fingerprint density at radius 3 is 2.85 bits per heavy atom. The van der Waals surface area contributed by atoms with E-state index in [2.05, 4.69) is 9.35 Å². The van der Waals surface area contributed by atoms with Crippen LogP contribution in [0.1, 0.15) is 0 Å². The van der Waals surface area contributed by atoms with Gasteiger partial charge in [0.1, 0.15) is 11.6 Å². The van der Waals surface area contributed by atoms with Crippen LogP contribution in [-0.2, 0) is 9.73 Å². The fourth-order valence-electron chi connectivity index (χ4n) is 0.833. The normalized spacial score (nSPS) is 15.0. The smallest absolute Gasteiger partial charge is 0.142 e. The molecule has 0 aliphatic rings. The van der Waals surface area contributed by atoms with Gasteiger partial charge < -0.3 is 5.73 Å². The fraction of sp³-hybridized carbons (Fsp3) is 0.286. The Balaban J connectivity index is 3.47. The van der Waals surface area contributed by atoms with Gasteiger partial charge in [0, 0.05) is 13.3 Å². The molecule has 1 heterocycles. The number of hydrogen-bond acceptors (Lipinski definition) is 4. The number of aromatic nitrogens is 1. The quantitative estimate of drug-likeness (QED) is 0.737. The van der Waals surface area contributed by atoms with E-state index in [1.807, 2.05) is 0 Å². The van der Waals surface area contributed by atoms with Crippen LogP contribution >= 0.6 is 0 Å². The van der Waals surface area contributed by atoms with Gasteiger partial charge in [-0.2, -0.15) is 0 Å². The number of nitrogens with two attached hydrogens (primary N) is 1. The van der Waals surface area contributed by atoms with E-state index in [1.165, 1.54) is 13.3 Å². The number of halogens is 1. The molecule has 0 fully saturated rings. The Bertz CT molecular complexity index is 437. The molecular formula is C7H10FN3OS. The first kappa shape index (κ1) is 9.91. The lowest BCUT2D eigenvalue weighted by molar-refractivity contribution is 0.616. The molecule has 6 heteroatoms. The minimum Gasteiger partial charge on any atom is -0.383 e. The number of anilines is 1. The number of rotatable bonds is 1. The molecule has 0 radical (unpaired) electrons. The Hall–Kier alpha value is -1.17. The summed E-state index contributed by atoms with van der Waals surface area (Å²) in [5.74, 6) is -0.512. The van der Waals surface area contributed by atoms with Crippen molar-refractivity contribution in [3.63, 3.8) is 0 Å². The summed E-state index contributed by atoms with van der Waals surface area (Å²) in [4.78, 5) is 3.70. The largest absolute Gasteiger partial charge is 0.383 e. The SMILES string of the molecule is CN=S(C)(=O)c1cc(F)cnc1N. The Morgan fingerprint density at radius 1 is 1.69 bits per heavy atom. The van der Waals surface area contributed by atoms with Crippen LogP contribution in [0.2, 0.25) is 0 Å². The molecule has 0 bridgehead atoms. The molecule has 1 aromatic rings. The van der Waals surface area contributed by atoms with E-state index in [4.69, 9.17) is 5.73 Å². The number of nitrogen functional groups attached to an aromatic ring is 1. The van der Waals surface area contributed by atoms with Crippen molar-refractivity contribution in [3.8, 4) is 0 Å². The first-order valence-corrected chi connectivity index (χ1v) is 5.41. The highest BCUT2D eigenvalue weighted by Gasteiger charge is 2.11. The number of pyridine rings is 1. The zero-order chi connectivity index (χ0) is 10.1. The molecule has 72 valence electrons. The summed E-state index contributed by atoms with van der Waals surface area (Å²) in [6.07, 6.45) is 2.36. The van der Waals surface area contributed by atoms with E-state index in [9.17, 15) is 8.60 Å². The third-order valence-electron chi connectivity index (χ3n) is 1.60. The van der Waals surface area contributed by atoms with Gasteiger partial charge in [-0.3, -0.25) is 0 Å². The summed E-state index contributed by atoms with van der Waals surface area (Å²) in [6, 6.07) is 1.09. The molecule has 0 saturated carbocycles. The van der Waals surface area contributed by atoms with E-state index in [0.29, 0.717) is 0 Å². The van der Waals surface area contributed by atoms with E-state index in [0.717, 1.165) is 12.3 Å². The molecule has 0 aliphatic carbocycles. The zero-order valence-corrected chi connectivity index (χ0v) is 8.14. The van der Waals surface area contributed by atoms with Gasteiger partial charge in [-0.1, -0.05) is 0 Å². The van der Waals surface area contributed by atoms with Gasteiger partial charge in [0.2, 0.25) is 0 Å². The van der Waals surface area contributed by atoms with Crippen molar-refractivity contribution in [1.29, 1.82) is 0 Å². The maximum Gasteiger partial charge on any atom is 0.142 e. The Kier molecular flexibility index (Phi) is 2.51. The lowest BCUT2D eigenvalue weighted by Crippen LogP contribution is -2.04. The summed E-state index contributed by atoms with van der Waals surface area (Å²) >= 11 is 0. The van der Waals surface area contributed by atoms with Crippen LogP contribution < -0.4 is 5.73 Å². The lowest BCUT2D eigenvalue weighted by atomic mass is 10.4. The zero-order valence-electron chi connectivity index (χ0n) is 7.32. The highest BCUT2D eigenvalue weighted by atomic mass is 32.2. The second kappa shape index (κ2) is 3.29. The van der Waals surface area contributed by atoms with Crippen LogP contribution in [0.3, 0.4) is 0 Å². The van der Waals surface area contributed by atoms with Gasteiger partial charge in [0.25, 0.3) is 0 Å².